The van der Waals surface area contributed by atoms with Gasteiger partial charge in [0.2, 0.25) is 0 Å². The zero-order valence-corrected chi connectivity index (χ0v) is 10.7. The third kappa shape index (κ3) is 3.19. The molecule has 2 saturated heterocycles. The van der Waals surface area contributed by atoms with E-state index in [1.807, 2.05) is 0 Å². The molecule has 1 N–H and O–H groups in total. The largest absolute Gasteiger partial charge is 0.380 e. The minimum atomic E-state index is 0.600. The first-order valence-electron chi connectivity index (χ1n) is 6.84. The Kier molecular flexibility index (Phi) is 4.62. The third-order valence-electron chi connectivity index (χ3n) is 4.05. The Balaban J connectivity index is 1.71. The maximum atomic E-state index is 5.38. The van der Waals surface area contributed by atoms with Crippen LogP contribution < -0.4 is 5.32 Å². The molecule has 3 atom stereocenters. The van der Waals surface area contributed by atoms with Gasteiger partial charge in [-0.3, -0.25) is 4.90 Å². The normalized spacial score (nSPS) is 34.1. The van der Waals surface area contributed by atoms with Crippen LogP contribution in [0.4, 0.5) is 0 Å². The van der Waals surface area contributed by atoms with Gasteiger partial charge < -0.3 is 10.1 Å². The minimum Gasteiger partial charge on any atom is -0.380 e. The van der Waals surface area contributed by atoms with E-state index in [0.717, 1.165) is 25.8 Å². The number of hydrogen-bond donors (Lipinski definition) is 1. The molecule has 3 nitrogen and oxygen atoms in total. The Hall–Kier alpha value is -0.120. The van der Waals surface area contributed by atoms with E-state index >= 15 is 0 Å². The molecule has 2 rings (SSSR count). The summed E-state index contributed by atoms with van der Waals surface area (Å²) in [5, 5.41) is 3.63. The molecule has 2 heterocycles. The average molecular weight is 226 g/mol. The van der Waals surface area contributed by atoms with Gasteiger partial charge in [0.15, 0.2) is 0 Å². The van der Waals surface area contributed by atoms with E-state index in [1.54, 1.807) is 0 Å². The molecule has 2 aliphatic heterocycles. The minimum absolute atomic E-state index is 0.600. The van der Waals surface area contributed by atoms with Crippen LogP contribution in [0.3, 0.4) is 0 Å². The van der Waals surface area contributed by atoms with Crippen LogP contribution in [0, 0.1) is 0 Å². The molecule has 0 aromatic rings. The molecule has 0 radical (unpaired) electrons. The van der Waals surface area contributed by atoms with Gasteiger partial charge in [-0.05, 0) is 39.7 Å². The lowest BCUT2D eigenvalue weighted by Crippen LogP contribution is -2.49. The summed E-state index contributed by atoms with van der Waals surface area (Å²) in [5.41, 5.74) is 0. The molecule has 0 saturated carbocycles. The summed E-state index contributed by atoms with van der Waals surface area (Å²) in [7, 11) is 0. The molecule has 0 aromatic carbocycles. The van der Waals surface area contributed by atoms with E-state index in [-0.39, 0.29) is 0 Å². The van der Waals surface area contributed by atoms with Crippen molar-refractivity contribution in [3.8, 4) is 0 Å². The van der Waals surface area contributed by atoms with Gasteiger partial charge in [-0.25, -0.2) is 0 Å². The van der Waals surface area contributed by atoms with Gasteiger partial charge in [0, 0.05) is 31.3 Å². The number of nitrogens with zero attached hydrogens (tertiary/aromatic N) is 1. The first-order chi connectivity index (χ1) is 7.77. The van der Waals surface area contributed by atoms with Crippen molar-refractivity contribution in [1.82, 2.24) is 10.2 Å². The fraction of sp³-hybridized carbons (Fsp3) is 1.00. The van der Waals surface area contributed by atoms with Crippen molar-refractivity contribution in [3.05, 3.63) is 0 Å². The van der Waals surface area contributed by atoms with Crippen LogP contribution in [0.2, 0.25) is 0 Å². The second kappa shape index (κ2) is 5.99. The highest BCUT2D eigenvalue weighted by molar-refractivity contribution is 4.81. The summed E-state index contributed by atoms with van der Waals surface area (Å²) in [6.45, 7) is 8.96. The smallest absolute Gasteiger partial charge is 0.0620 e. The molecule has 2 fully saturated rings. The van der Waals surface area contributed by atoms with Crippen molar-refractivity contribution in [3.63, 3.8) is 0 Å². The number of ether oxygens (including phenoxy) is 1. The zero-order valence-electron chi connectivity index (χ0n) is 10.7. The topological polar surface area (TPSA) is 24.5 Å². The predicted molar refractivity (Wildman–Crippen MR) is 66.7 cm³/mol. The molecule has 0 bridgehead atoms. The summed E-state index contributed by atoms with van der Waals surface area (Å²) in [6, 6.07) is 2.03. The van der Waals surface area contributed by atoms with E-state index in [4.69, 9.17) is 4.74 Å². The Morgan fingerprint density at radius 3 is 2.94 bits per heavy atom. The van der Waals surface area contributed by atoms with Crippen molar-refractivity contribution in [2.24, 2.45) is 0 Å². The predicted octanol–water partition coefficient (Wildman–Crippen LogP) is 1.63. The Bertz CT molecular complexity index is 204. The van der Waals surface area contributed by atoms with Crippen molar-refractivity contribution in [2.75, 3.05) is 26.3 Å². The van der Waals surface area contributed by atoms with Gasteiger partial charge in [0.25, 0.3) is 0 Å². The van der Waals surface area contributed by atoms with Crippen LogP contribution in [-0.2, 0) is 4.74 Å². The van der Waals surface area contributed by atoms with Crippen molar-refractivity contribution in [2.45, 2.75) is 57.7 Å². The molecule has 0 aliphatic carbocycles. The standard InChI is InChI=1S/C13H26N2O/c1-11-5-3-4-7-15(11)12(2)9-14-13-6-8-16-10-13/h11-14H,3-10H2,1-2H3. The monoisotopic (exact) mass is 226 g/mol. The molecule has 2 aliphatic rings. The Morgan fingerprint density at radius 2 is 2.25 bits per heavy atom. The summed E-state index contributed by atoms with van der Waals surface area (Å²) >= 11 is 0. The van der Waals surface area contributed by atoms with Crippen molar-refractivity contribution in [1.29, 1.82) is 0 Å². The molecule has 94 valence electrons. The van der Waals surface area contributed by atoms with E-state index < -0.39 is 0 Å². The molecular formula is C13H26N2O. The number of likely N-dealkylation sites (tertiary alicyclic amines) is 1. The lowest BCUT2D eigenvalue weighted by Gasteiger charge is -2.38. The van der Waals surface area contributed by atoms with Gasteiger partial charge >= 0.3 is 0 Å². The van der Waals surface area contributed by atoms with Crippen LogP contribution in [0.5, 0.6) is 0 Å². The lowest BCUT2D eigenvalue weighted by atomic mass is 10.0. The molecule has 0 amide bonds. The number of rotatable bonds is 4. The SMILES string of the molecule is CC1CCCCN1C(C)CNC1CCOC1. The van der Waals surface area contributed by atoms with Crippen LogP contribution in [0.15, 0.2) is 0 Å². The van der Waals surface area contributed by atoms with Gasteiger partial charge in [-0.1, -0.05) is 6.42 Å². The van der Waals surface area contributed by atoms with E-state index in [2.05, 4.69) is 24.1 Å². The fourth-order valence-electron chi connectivity index (χ4n) is 2.93. The van der Waals surface area contributed by atoms with Crippen LogP contribution in [-0.4, -0.2) is 49.3 Å². The van der Waals surface area contributed by atoms with Gasteiger partial charge in [0.05, 0.1) is 6.61 Å². The maximum Gasteiger partial charge on any atom is 0.0620 e. The van der Waals surface area contributed by atoms with Crippen molar-refractivity contribution < 1.29 is 4.74 Å². The molecular weight excluding hydrogens is 200 g/mol. The first kappa shape index (κ1) is 12.3. The van der Waals surface area contributed by atoms with Gasteiger partial charge in [-0.15, -0.1) is 0 Å². The van der Waals surface area contributed by atoms with Gasteiger partial charge in [-0.2, -0.15) is 0 Å². The maximum absolute atomic E-state index is 5.38. The molecule has 0 aromatic heterocycles. The molecule has 3 unspecified atom stereocenters. The van der Waals surface area contributed by atoms with Crippen LogP contribution in [0.25, 0.3) is 0 Å². The second-order valence-corrected chi connectivity index (χ2v) is 5.40. The lowest BCUT2D eigenvalue weighted by molar-refractivity contribution is 0.110. The summed E-state index contributed by atoms with van der Waals surface area (Å²) in [4.78, 5) is 2.66. The van der Waals surface area contributed by atoms with Gasteiger partial charge in [0.1, 0.15) is 0 Å². The molecule has 3 heteroatoms. The van der Waals surface area contributed by atoms with E-state index in [9.17, 15) is 0 Å². The van der Waals surface area contributed by atoms with Crippen LogP contribution in [0.1, 0.15) is 39.5 Å². The quantitative estimate of drug-likeness (QED) is 0.788. The van der Waals surface area contributed by atoms with E-state index in [1.165, 1.54) is 32.2 Å². The molecule has 0 spiro atoms. The summed E-state index contributed by atoms with van der Waals surface area (Å²) in [6.07, 6.45) is 5.34. The summed E-state index contributed by atoms with van der Waals surface area (Å²) in [5.74, 6) is 0. The Labute approximate surface area is 99.5 Å². The average Bonchev–Trinajstić information content (AvgIpc) is 2.79. The first-order valence-corrected chi connectivity index (χ1v) is 6.84. The fourth-order valence-corrected chi connectivity index (χ4v) is 2.93. The number of nitrogens with one attached hydrogen (secondary N) is 1. The molecule has 16 heavy (non-hydrogen) atoms. The second-order valence-electron chi connectivity index (χ2n) is 5.40. The Morgan fingerprint density at radius 1 is 1.38 bits per heavy atom. The van der Waals surface area contributed by atoms with Crippen molar-refractivity contribution >= 4 is 0 Å². The zero-order chi connectivity index (χ0) is 11.4. The van der Waals surface area contributed by atoms with Crippen LogP contribution >= 0.6 is 0 Å². The summed E-state index contributed by atoms with van der Waals surface area (Å²) < 4.78 is 5.38. The van der Waals surface area contributed by atoms with E-state index in [0.29, 0.717) is 12.1 Å². The number of hydrogen-bond acceptors (Lipinski definition) is 3. The highest BCUT2D eigenvalue weighted by atomic mass is 16.5. The highest BCUT2D eigenvalue weighted by Gasteiger charge is 2.24. The number of piperidine rings is 1. The highest BCUT2D eigenvalue weighted by Crippen LogP contribution is 2.18. The third-order valence-corrected chi connectivity index (χ3v) is 4.05.